The fourth-order valence-corrected chi connectivity index (χ4v) is 3.49. The molecule has 0 aliphatic heterocycles. The van der Waals surface area contributed by atoms with Crippen molar-refractivity contribution in [2.75, 3.05) is 12.3 Å². The lowest BCUT2D eigenvalue weighted by atomic mass is 10.2. The Morgan fingerprint density at radius 3 is 2.19 bits per heavy atom. The molecule has 0 fully saturated rings. The first-order valence-electron chi connectivity index (χ1n) is 7.92. The first-order valence-corrected chi connectivity index (χ1v) is 9.95. The summed E-state index contributed by atoms with van der Waals surface area (Å²) in [7, 11) is -3.52. The number of hydrogen-bond donors (Lipinski definition) is 2. The van der Waals surface area contributed by atoms with Crippen molar-refractivity contribution in [2.45, 2.75) is 17.9 Å². The normalized spacial score (nSPS) is 11.0. The molecule has 2 amide bonds. The molecule has 8 heteroatoms. The highest BCUT2D eigenvalue weighted by Crippen LogP contribution is 2.11. The highest BCUT2D eigenvalue weighted by atomic mass is 35.5. The molecular formula is C18H19ClN2O4S. The molecule has 0 heterocycles. The number of amides is 2. The summed E-state index contributed by atoms with van der Waals surface area (Å²) < 4.78 is 24.2. The Balaban J connectivity index is 1.71. The lowest BCUT2D eigenvalue weighted by molar-refractivity contribution is -0.125. The Bertz CT molecular complexity index is 853. The van der Waals surface area contributed by atoms with Crippen molar-refractivity contribution in [1.82, 2.24) is 10.6 Å². The van der Waals surface area contributed by atoms with Gasteiger partial charge in [-0.25, -0.2) is 8.42 Å². The summed E-state index contributed by atoms with van der Waals surface area (Å²) in [6, 6.07) is 14.9. The molecule has 0 bridgehead atoms. The molecule has 0 aromatic heterocycles. The molecule has 0 saturated heterocycles. The summed E-state index contributed by atoms with van der Waals surface area (Å²) in [6.07, 6.45) is -0.207. The van der Waals surface area contributed by atoms with Crippen molar-refractivity contribution in [2.24, 2.45) is 0 Å². The number of carbonyl (C=O) groups excluding carboxylic acids is 2. The number of rotatable bonds is 8. The summed E-state index contributed by atoms with van der Waals surface area (Å²) in [5.41, 5.74) is 0.878. The molecule has 2 aromatic carbocycles. The van der Waals surface area contributed by atoms with Gasteiger partial charge in [0.2, 0.25) is 11.8 Å². The maximum absolute atomic E-state index is 12.1. The molecule has 2 N–H and O–H groups in total. The van der Waals surface area contributed by atoms with Gasteiger partial charge in [0.1, 0.15) is 0 Å². The molecular weight excluding hydrogens is 376 g/mol. The van der Waals surface area contributed by atoms with Crippen LogP contribution >= 0.6 is 11.6 Å². The van der Waals surface area contributed by atoms with E-state index in [1.807, 2.05) is 0 Å². The highest BCUT2D eigenvalue weighted by molar-refractivity contribution is 7.91. The predicted octanol–water partition coefficient (Wildman–Crippen LogP) is 1.94. The number of hydrogen-bond acceptors (Lipinski definition) is 4. The van der Waals surface area contributed by atoms with E-state index in [0.717, 1.165) is 5.56 Å². The van der Waals surface area contributed by atoms with Crippen molar-refractivity contribution < 1.29 is 18.0 Å². The molecule has 26 heavy (non-hydrogen) atoms. The van der Waals surface area contributed by atoms with Crippen molar-refractivity contribution in [1.29, 1.82) is 0 Å². The number of carbonyl (C=O) groups is 2. The van der Waals surface area contributed by atoms with Gasteiger partial charge < -0.3 is 10.6 Å². The van der Waals surface area contributed by atoms with Crippen LogP contribution in [-0.2, 0) is 26.0 Å². The van der Waals surface area contributed by atoms with E-state index in [9.17, 15) is 18.0 Å². The van der Waals surface area contributed by atoms with Crippen LogP contribution in [0.2, 0.25) is 5.02 Å². The van der Waals surface area contributed by atoms with Crippen LogP contribution in [0.3, 0.4) is 0 Å². The first kappa shape index (κ1) is 19.9. The van der Waals surface area contributed by atoms with Gasteiger partial charge in [-0.15, -0.1) is 0 Å². The minimum absolute atomic E-state index is 0.175. The maximum atomic E-state index is 12.1. The summed E-state index contributed by atoms with van der Waals surface area (Å²) >= 11 is 5.78. The average molecular weight is 395 g/mol. The zero-order chi connectivity index (χ0) is 19.0. The molecule has 0 atom stereocenters. The Hall–Kier alpha value is -2.38. The van der Waals surface area contributed by atoms with Gasteiger partial charge in [-0.1, -0.05) is 41.9 Å². The van der Waals surface area contributed by atoms with Crippen LogP contribution in [0.25, 0.3) is 0 Å². The molecule has 2 rings (SSSR count). The van der Waals surface area contributed by atoms with Gasteiger partial charge in [-0.2, -0.15) is 0 Å². The molecule has 0 saturated carbocycles. The fraction of sp³-hybridized carbons (Fsp3) is 0.222. The number of sulfone groups is 1. The van der Waals surface area contributed by atoms with Crippen LogP contribution < -0.4 is 10.6 Å². The Morgan fingerprint density at radius 2 is 1.54 bits per heavy atom. The van der Waals surface area contributed by atoms with E-state index in [4.69, 9.17) is 11.6 Å². The topological polar surface area (TPSA) is 92.3 Å². The molecule has 2 aromatic rings. The summed E-state index contributed by atoms with van der Waals surface area (Å²) in [6.45, 7) is 0.103. The van der Waals surface area contributed by atoms with Gasteiger partial charge in [-0.05, 0) is 29.8 Å². The molecule has 6 nitrogen and oxygen atoms in total. The SMILES string of the molecule is O=C(CCS(=O)(=O)c1ccccc1)NCC(=O)NCc1ccc(Cl)cc1. The van der Waals surface area contributed by atoms with Crippen LogP contribution in [-0.4, -0.2) is 32.5 Å². The zero-order valence-corrected chi connectivity index (χ0v) is 15.5. The minimum Gasteiger partial charge on any atom is -0.350 e. The second kappa shape index (κ2) is 9.35. The minimum atomic E-state index is -3.52. The van der Waals surface area contributed by atoms with Crippen molar-refractivity contribution >= 4 is 33.3 Å². The standard InChI is InChI=1S/C18H19ClN2O4S/c19-15-8-6-14(7-9-15)12-20-18(23)13-21-17(22)10-11-26(24,25)16-4-2-1-3-5-16/h1-9H,10-13H2,(H,20,23)(H,21,22). The van der Waals surface area contributed by atoms with Crippen LogP contribution in [0.5, 0.6) is 0 Å². The predicted molar refractivity (Wildman–Crippen MR) is 99.4 cm³/mol. The van der Waals surface area contributed by atoms with Crippen LogP contribution in [0.1, 0.15) is 12.0 Å². The van der Waals surface area contributed by atoms with E-state index in [1.165, 1.54) is 12.1 Å². The third-order valence-corrected chi connectivity index (χ3v) is 5.53. The van der Waals surface area contributed by atoms with E-state index in [1.54, 1.807) is 42.5 Å². The second-order valence-electron chi connectivity index (χ2n) is 5.56. The highest BCUT2D eigenvalue weighted by Gasteiger charge is 2.16. The van der Waals surface area contributed by atoms with E-state index in [0.29, 0.717) is 11.6 Å². The van der Waals surface area contributed by atoms with Gasteiger partial charge in [0.15, 0.2) is 9.84 Å². The fourth-order valence-electron chi connectivity index (χ4n) is 2.11. The molecule has 0 aliphatic carbocycles. The molecule has 138 valence electrons. The van der Waals surface area contributed by atoms with E-state index >= 15 is 0 Å². The third kappa shape index (κ3) is 6.50. The quantitative estimate of drug-likeness (QED) is 0.715. The van der Waals surface area contributed by atoms with E-state index in [2.05, 4.69) is 10.6 Å². The van der Waals surface area contributed by atoms with Gasteiger partial charge >= 0.3 is 0 Å². The Labute approximate surface area is 157 Å². The monoisotopic (exact) mass is 394 g/mol. The smallest absolute Gasteiger partial charge is 0.239 e. The van der Waals surface area contributed by atoms with Crippen LogP contribution in [0, 0.1) is 0 Å². The summed E-state index contributed by atoms with van der Waals surface area (Å²) in [4.78, 5) is 23.7. The van der Waals surface area contributed by atoms with E-state index in [-0.39, 0.29) is 29.5 Å². The summed E-state index contributed by atoms with van der Waals surface area (Å²) in [5.74, 6) is -1.17. The van der Waals surface area contributed by atoms with Crippen LogP contribution in [0.15, 0.2) is 59.5 Å². The second-order valence-corrected chi connectivity index (χ2v) is 8.11. The summed E-state index contributed by atoms with van der Waals surface area (Å²) in [5, 5.41) is 5.68. The van der Waals surface area contributed by atoms with Gasteiger partial charge in [0.05, 0.1) is 17.2 Å². The Morgan fingerprint density at radius 1 is 0.885 bits per heavy atom. The van der Waals surface area contributed by atoms with Crippen LogP contribution in [0.4, 0.5) is 0 Å². The lowest BCUT2D eigenvalue weighted by Gasteiger charge is -2.08. The number of halogens is 1. The molecule has 0 radical (unpaired) electrons. The molecule has 0 unspecified atom stereocenters. The number of benzene rings is 2. The number of nitrogens with one attached hydrogen (secondary N) is 2. The zero-order valence-electron chi connectivity index (χ0n) is 13.9. The van der Waals surface area contributed by atoms with Crippen molar-refractivity contribution in [3.63, 3.8) is 0 Å². The molecule has 0 spiro atoms. The van der Waals surface area contributed by atoms with Crippen molar-refractivity contribution in [3.8, 4) is 0 Å². The third-order valence-electron chi connectivity index (χ3n) is 3.55. The van der Waals surface area contributed by atoms with Gasteiger partial charge in [0, 0.05) is 18.0 Å². The van der Waals surface area contributed by atoms with Gasteiger partial charge in [-0.3, -0.25) is 9.59 Å². The lowest BCUT2D eigenvalue weighted by Crippen LogP contribution is -2.37. The van der Waals surface area contributed by atoms with Crippen molar-refractivity contribution in [3.05, 3.63) is 65.2 Å². The molecule has 0 aliphatic rings. The largest absolute Gasteiger partial charge is 0.350 e. The first-order chi connectivity index (χ1) is 12.4. The van der Waals surface area contributed by atoms with Gasteiger partial charge in [0.25, 0.3) is 0 Å². The average Bonchev–Trinajstić information content (AvgIpc) is 2.65. The Kier molecular flexibility index (Phi) is 7.17. The van der Waals surface area contributed by atoms with E-state index < -0.39 is 15.7 Å². The maximum Gasteiger partial charge on any atom is 0.239 e.